The van der Waals surface area contributed by atoms with Gasteiger partial charge in [-0.25, -0.2) is 0 Å². The first-order valence-electron chi connectivity index (χ1n) is 6.79. The molecule has 102 valence electrons. The highest BCUT2D eigenvalue weighted by atomic mass is 16.5. The van der Waals surface area contributed by atoms with Gasteiger partial charge in [0.1, 0.15) is 5.75 Å². The van der Waals surface area contributed by atoms with E-state index in [0.717, 1.165) is 25.1 Å². The summed E-state index contributed by atoms with van der Waals surface area (Å²) in [6.45, 7) is 7.19. The minimum absolute atomic E-state index is 0.170. The molecule has 0 aliphatic rings. The van der Waals surface area contributed by atoms with Crippen molar-refractivity contribution in [2.45, 2.75) is 52.3 Å². The zero-order valence-electron chi connectivity index (χ0n) is 11.6. The summed E-state index contributed by atoms with van der Waals surface area (Å²) in [5, 5.41) is 12.4. The standard InChI is InChI=1S/C15H25NO2/c1-4-12(3)18-15-8-6-7-13(9-15)10-16-14(5-2)11-17/h6-9,12,14,16-17H,4-5,10-11H2,1-3H3. The van der Waals surface area contributed by atoms with Crippen LogP contribution in [0.1, 0.15) is 39.2 Å². The predicted octanol–water partition coefficient (Wildman–Crippen LogP) is 2.72. The molecule has 0 amide bonds. The van der Waals surface area contributed by atoms with E-state index in [-0.39, 0.29) is 18.8 Å². The van der Waals surface area contributed by atoms with Crippen LogP contribution in [0.3, 0.4) is 0 Å². The summed E-state index contributed by atoms with van der Waals surface area (Å²) < 4.78 is 5.79. The van der Waals surface area contributed by atoms with Crippen LogP contribution in [0.5, 0.6) is 5.75 Å². The normalized spacial score (nSPS) is 14.2. The van der Waals surface area contributed by atoms with Crippen LogP contribution in [0.4, 0.5) is 0 Å². The van der Waals surface area contributed by atoms with Crippen LogP contribution in [0.15, 0.2) is 24.3 Å². The van der Waals surface area contributed by atoms with E-state index in [1.807, 2.05) is 12.1 Å². The number of benzene rings is 1. The monoisotopic (exact) mass is 251 g/mol. The fraction of sp³-hybridized carbons (Fsp3) is 0.600. The molecular weight excluding hydrogens is 226 g/mol. The molecule has 0 radical (unpaired) electrons. The Morgan fingerprint density at radius 3 is 2.67 bits per heavy atom. The van der Waals surface area contributed by atoms with Crippen molar-refractivity contribution in [1.82, 2.24) is 5.32 Å². The van der Waals surface area contributed by atoms with Crippen LogP contribution >= 0.6 is 0 Å². The Bertz CT molecular complexity index is 337. The first kappa shape index (κ1) is 15.0. The van der Waals surface area contributed by atoms with E-state index in [1.165, 1.54) is 5.56 Å². The maximum Gasteiger partial charge on any atom is 0.120 e. The number of aliphatic hydroxyl groups excluding tert-OH is 1. The van der Waals surface area contributed by atoms with Gasteiger partial charge in [-0.1, -0.05) is 26.0 Å². The minimum Gasteiger partial charge on any atom is -0.491 e. The van der Waals surface area contributed by atoms with Gasteiger partial charge in [-0.3, -0.25) is 0 Å². The molecule has 2 atom stereocenters. The van der Waals surface area contributed by atoms with Gasteiger partial charge in [-0.05, 0) is 37.5 Å². The first-order valence-corrected chi connectivity index (χ1v) is 6.79. The minimum atomic E-state index is 0.170. The SMILES string of the molecule is CCC(CO)NCc1cccc(OC(C)CC)c1. The largest absolute Gasteiger partial charge is 0.491 e. The summed E-state index contributed by atoms with van der Waals surface area (Å²) in [5.74, 6) is 0.917. The molecule has 0 saturated heterocycles. The van der Waals surface area contributed by atoms with E-state index in [0.29, 0.717) is 0 Å². The van der Waals surface area contributed by atoms with E-state index in [1.54, 1.807) is 0 Å². The number of nitrogens with one attached hydrogen (secondary N) is 1. The molecule has 0 spiro atoms. The van der Waals surface area contributed by atoms with Crippen molar-refractivity contribution in [1.29, 1.82) is 0 Å². The van der Waals surface area contributed by atoms with Crippen LogP contribution in [0.25, 0.3) is 0 Å². The molecule has 3 nitrogen and oxygen atoms in total. The lowest BCUT2D eigenvalue weighted by Gasteiger charge is -2.16. The third-order valence-corrected chi connectivity index (χ3v) is 3.12. The third kappa shape index (κ3) is 5.07. The predicted molar refractivity (Wildman–Crippen MR) is 74.8 cm³/mol. The van der Waals surface area contributed by atoms with Gasteiger partial charge in [0.25, 0.3) is 0 Å². The number of ether oxygens (including phenoxy) is 1. The van der Waals surface area contributed by atoms with E-state index in [9.17, 15) is 0 Å². The highest BCUT2D eigenvalue weighted by Crippen LogP contribution is 2.16. The molecule has 2 unspecified atom stereocenters. The van der Waals surface area contributed by atoms with E-state index < -0.39 is 0 Å². The third-order valence-electron chi connectivity index (χ3n) is 3.12. The molecule has 1 rings (SSSR count). The van der Waals surface area contributed by atoms with Crippen LogP contribution < -0.4 is 10.1 Å². The lowest BCUT2D eigenvalue weighted by molar-refractivity contribution is 0.217. The Morgan fingerprint density at radius 1 is 1.28 bits per heavy atom. The van der Waals surface area contributed by atoms with Crippen molar-refractivity contribution in [3.05, 3.63) is 29.8 Å². The van der Waals surface area contributed by atoms with Crippen LogP contribution in [-0.4, -0.2) is 23.9 Å². The Morgan fingerprint density at radius 2 is 2.06 bits per heavy atom. The molecule has 0 bridgehead atoms. The molecule has 2 N–H and O–H groups in total. The molecule has 1 aromatic rings. The van der Waals surface area contributed by atoms with Crippen molar-refractivity contribution < 1.29 is 9.84 Å². The second-order valence-electron chi connectivity index (χ2n) is 4.65. The van der Waals surface area contributed by atoms with Gasteiger partial charge in [-0.2, -0.15) is 0 Å². The maximum absolute atomic E-state index is 9.12. The first-order chi connectivity index (χ1) is 8.69. The number of hydrogen-bond acceptors (Lipinski definition) is 3. The van der Waals surface area contributed by atoms with Crippen molar-refractivity contribution >= 4 is 0 Å². The lowest BCUT2D eigenvalue weighted by atomic mass is 10.2. The smallest absolute Gasteiger partial charge is 0.120 e. The van der Waals surface area contributed by atoms with Crippen molar-refractivity contribution in [3.8, 4) is 5.75 Å². The van der Waals surface area contributed by atoms with Crippen molar-refractivity contribution in [2.24, 2.45) is 0 Å². The van der Waals surface area contributed by atoms with E-state index in [2.05, 4.69) is 38.2 Å². The Balaban J connectivity index is 2.53. The molecule has 0 aromatic heterocycles. The molecule has 18 heavy (non-hydrogen) atoms. The molecular formula is C15H25NO2. The number of aliphatic hydroxyl groups is 1. The summed E-state index contributed by atoms with van der Waals surface area (Å²) in [6, 6.07) is 8.29. The summed E-state index contributed by atoms with van der Waals surface area (Å²) in [4.78, 5) is 0. The van der Waals surface area contributed by atoms with Crippen LogP contribution in [-0.2, 0) is 6.54 Å². The second-order valence-corrected chi connectivity index (χ2v) is 4.65. The topological polar surface area (TPSA) is 41.5 Å². The fourth-order valence-electron chi connectivity index (χ4n) is 1.64. The Kier molecular flexibility index (Phi) is 6.76. The maximum atomic E-state index is 9.12. The van der Waals surface area contributed by atoms with Gasteiger partial charge in [0, 0.05) is 12.6 Å². The van der Waals surface area contributed by atoms with Gasteiger partial charge in [-0.15, -0.1) is 0 Å². The molecule has 0 saturated carbocycles. The average molecular weight is 251 g/mol. The van der Waals surface area contributed by atoms with Crippen LogP contribution in [0, 0.1) is 0 Å². The quantitative estimate of drug-likeness (QED) is 0.746. The summed E-state index contributed by atoms with van der Waals surface area (Å²) >= 11 is 0. The van der Waals surface area contributed by atoms with Gasteiger partial charge < -0.3 is 15.2 Å². The van der Waals surface area contributed by atoms with E-state index in [4.69, 9.17) is 9.84 Å². The average Bonchev–Trinajstić information content (AvgIpc) is 2.40. The molecule has 1 aromatic carbocycles. The van der Waals surface area contributed by atoms with Crippen molar-refractivity contribution in [2.75, 3.05) is 6.61 Å². The Hall–Kier alpha value is -1.06. The van der Waals surface area contributed by atoms with Gasteiger partial charge in [0.15, 0.2) is 0 Å². The van der Waals surface area contributed by atoms with Crippen molar-refractivity contribution in [3.63, 3.8) is 0 Å². The van der Waals surface area contributed by atoms with Gasteiger partial charge >= 0.3 is 0 Å². The van der Waals surface area contributed by atoms with Gasteiger partial charge in [0.2, 0.25) is 0 Å². The molecule has 3 heteroatoms. The highest BCUT2D eigenvalue weighted by Gasteiger charge is 2.05. The zero-order valence-corrected chi connectivity index (χ0v) is 11.6. The lowest BCUT2D eigenvalue weighted by Crippen LogP contribution is -2.31. The summed E-state index contributed by atoms with van der Waals surface area (Å²) in [5.41, 5.74) is 1.18. The number of rotatable bonds is 8. The van der Waals surface area contributed by atoms with Gasteiger partial charge in [0.05, 0.1) is 12.7 Å². The Labute approximate surface area is 110 Å². The summed E-state index contributed by atoms with van der Waals surface area (Å²) in [6.07, 6.45) is 2.18. The summed E-state index contributed by atoms with van der Waals surface area (Å²) in [7, 11) is 0. The fourth-order valence-corrected chi connectivity index (χ4v) is 1.64. The highest BCUT2D eigenvalue weighted by molar-refractivity contribution is 5.28. The van der Waals surface area contributed by atoms with E-state index >= 15 is 0 Å². The molecule has 0 aliphatic heterocycles. The molecule has 0 heterocycles. The molecule has 0 aliphatic carbocycles. The molecule has 0 fully saturated rings. The second kappa shape index (κ2) is 8.11. The zero-order chi connectivity index (χ0) is 13.4. The van der Waals surface area contributed by atoms with Crippen LogP contribution in [0.2, 0.25) is 0 Å². The number of hydrogen-bond donors (Lipinski definition) is 2.